The summed E-state index contributed by atoms with van der Waals surface area (Å²) < 4.78 is 5.51. The minimum absolute atomic E-state index is 0.0259. The van der Waals surface area contributed by atoms with E-state index in [1.54, 1.807) is 6.92 Å². The number of alkyl carbamates (subject to hydrolysis) is 1. The number of fused-ring (bicyclic) bond motifs is 3. The molecule has 3 N–H and O–H groups in total. The summed E-state index contributed by atoms with van der Waals surface area (Å²) in [4.78, 5) is 35.9. The van der Waals surface area contributed by atoms with Crippen molar-refractivity contribution in [1.29, 1.82) is 0 Å². The molecule has 32 heavy (non-hydrogen) atoms. The Morgan fingerprint density at radius 1 is 1.03 bits per heavy atom. The molecule has 0 spiro atoms. The third-order valence-corrected chi connectivity index (χ3v) is 6.38. The first-order valence-corrected chi connectivity index (χ1v) is 11.1. The molecule has 0 aromatic heterocycles. The van der Waals surface area contributed by atoms with Gasteiger partial charge in [0, 0.05) is 24.4 Å². The molecule has 168 valence electrons. The molecule has 4 rings (SSSR count). The van der Waals surface area contributed by atoms with Gasteiger partial charge in [0.05, 0.1) is 5.92 Å². The third-order valence-electron chi connectivity index (χ3n) is 6.38. The molecule has 0 aliphatic heterocycles. The highest BCUT2D eigenvalue weighted by Crippen LogP contribution is 2.44. The molecule has 7 nitrogen and oxygen atoms in total. The van der Waals surface area contributed by atoms with Crippen molar-refractivity contribution in [3.63, 3.8) is 0 Å². The first kappa shape index (κ1) is 21.9. The van der Waals surface area contributed by atoms with E-state index in [9.17, 15) is 19.5 Å². The molecular weight excluding hydrogens is 408 g/mol. The molecule has 2 aliphatic carbocycles. The minimum atomic E-state index is -0.877. The highest BCUT2D eigenvalue weighted by molar-refractivity contribution is 5.80. The first-order chi connectivity index (χ1) is 15.4. The Morgan fingerprint density at radius 3 is 2.28 bits per heavy atom. The fourth-order valence-electron chi connectivity index (χ4n) is 4.86. The number of carbonyl (C=O) groups is 3. The van der Waals surface area contributed by atoms with Crippen LogP contribution in [-0.2, 0) is 14.3 Å². The van der Waals surface area contributed by atoms with E-state index in [4.69, 9.17) is 4.74 Å². The predicted molar refractivity (Wildman–Crippen MR) is 119 cm³/mol. The lowest BCUT2D eigenvalue weighted by atomic mass is 9.98. The number of carboxylic acids is 1. The largest absolute Gasteiger partial charge is 0.481 e. The molecular formula is C25H28N2O5. The molecule has 1 saturated carbocycles. The summed E-state index contributed by atoms with van der Waals surface area (Å²) in [6, 6.07) is 15.5. The zero-order chi connectivity index (χ0) is 22.7. The summed E-state index contributed by atoms with van der Waals surface area (Å²) in [6.07, 6.45) is 1.52. The van der Waals surface area contributed by atoms with Crippen molar-refractivity contribution in [2.45, 2.75) is 50.6 Å². The van der Waals surface area contributed by atoms with Crippen molar-refractivity contribution >= 4 is 18.0 Å². The summed E-state index contributed by atoms with van der Waals surface area (Å²) in [5, 5.41) is 14.7. The maximum Gasteiger partial charge on any atom is 0.407 e. The Balaban J connectivity index is 1.28. The van der Waals surface area contributed by atoms with Crippen LogP contribution in [-0.4, -0.2) is 41.8 Å². The van der Waals surface area contributed by atoms with Crippen LogP contribution in [0.5, 0.6) is 0 Å². The van der Waals surface area contributed by atoms with Gasteiger partial charge in [-0.25, -0.2) is 4.79 Å². The van der Waals surface area contributed by atoms with Gasteiger partial charge in [0.1, 0.15) is 6.61 Å². The SMILES string of the molecule is C[C@@H](CC(=O)N[C@H]1CCC[C@H]1C(=O)O)NC(=O)OCC1c2ccccc2-c2ccccc21. The number of rotatable bonds is 7. The lowest BCUT2D eigenvalue weighted by molar-refractivity contribution is -0.142. The Labute approximate surface area is 187 Å². The zero-order valence-electron chi connectivity index (χ0n) is 18.0. The Hall–Kier alpha value is -3.35. The van der Waals surface area contributed by atoms with Crippen LogP contribution < -0.4 is 10.6 Å². The van der Waals surface area contributed by atoms with Crippen molar-refractivity contribution in [2.75, 3.05) is 6.61 Å². The average Bonchev–Trinajstić information content (AvgIpc) is 3.34. The molecule has 0 radical (unpaired) electrons. The molecule has 1 fully saturated rings. The Morgan fingerprint density at radius 2 is 1.66 bits per heavy atom. The number of nitrogens with one attached hydrogen (secondary N) is 2. The maximum absolute atomic E-state index is 12.4. The first-order valence-electron chi connectivity index (χ1n) is 11.1. The maximum atomic E-state index is 12.4. The number of amides is 2. The normalized spacial score (nSPS) is 20.2. The molecule has 2 aromatic rings. The van der Waals surface area contributed by atoms with Gasteiger partial charge in [-0.15, -0.1) is 0 Å². The molecule has 0 saturated heterocycles. The predicted octanol–water partition coefficient (Wildman–Crippen LogP) is 3.67. The second-order valence-corrected chi connectivity index (χ2v) is 8.62. The van der Waals surface area contributed by atoms with Crippen LogP contribution in [0.3, 0.4) is 0 Å². The molecule has 0 unspecified atom stereocenters. The van der Waals surface area contributed by atoms with Crippen LogP contribution in [0.4, 0.5) is 4.79 Å². The van der Waals surface area contributed by atoms with Crippen molar-refractivity contribution in [3.05, 3.63) is 59.7 Å². The van der Waals surface area contributed by atoms with Gasteiger partial charge in [0.25, 0.3) is 0 Å². The van der Waals surface area contributed by atoms with E-state index in [1.165, 1.54) is 0 Å². The van der Waals surface area contributed by atoms with E-state index in [0.717, 1.165) is 28.7 Å². The van der Waals surface area contributed by atoms with Crippen LogP contribution >= 0.6 is 0 Å². The van der Waals surface area contributed by atoms with Gasteiger partial charge in [0.2, 0.25) is 5.91 Å². The van der Waals surface area contributed by atoms with Gasteiger partial charge in [-0.2, -0.15) is 0 Å². The van der Waals surface area contributed by atoms with E-state index < -0.39 is 24.0 Å². The van der Waals surface area contributed by atoms with E-state index in [0.29, 0.717) is 12.8 Å². The monoisotopic (exact) mass is 436 g/mol. The second-order valence-electron chi connectivity index (χ2n) is 8.62. The van der Waals surface area contributed by atoms with E-state index in [-0.39, 0.29) is 30.9 Å². The summed E-state index contributed by atoms with van der Waals surface area (Å²) in [6.45, 7) is 1.94. The fraction of sp³-hybridized carbons (Fsp3) is 0.400. The zero-order valence-corrected chi connectivity index (χ0v) is 18.0. The third kappa shape index (κ3) is 4.61. The Kier molecular flexibility index (Phi) is 6.44. The number of benzene rings is 2. The van der Waals surface area contributed by atoms with Gasteiger partial charge < -0.3 is 20.5 Å². The number of aliphatic carboxylic acids is 1. The van der Waals surface area contributed by atoms with Crippen LogP contribution in [0.1, 0.15) is 49.7 Å². The smallest absolute Gasteiger partial charge is 0.407 e. The Bertz CT molecular complexity index is 975. The molecule has 0 heterocycles. The lowest BCUT2D eigenvalue weighted by Gasteiger charge is -2.20. The molecule has 2 aromatic carbocycles. The highest BCUT2D eigenvalue weighted by Gasteiger charge is 2.34. The van der Waals surface area contributed by atoms with Gasteiger partial charge in [-0.1, -0.05) is 55.0 Å². The van der Waals surface area contributed by atoms with Crippen LogP contribution in [0.25, 0.3) is 11.1 Å². The summed E-state index contributed by atoms with van der Waals surface area (Å²) in [5.41, 5.74) is 4.60. The lowest BCUT2D eigenvalue weighted by Crippen LogP contribution is -2.43. The second kappa shape index (κ2) is 9.42. The standard InChI is InChI=1S/C25H28N2O5/c1-15(13-23(28)27-22-12-6-11-20(22)24(29)30)26-25(31)32-14-21-18-9-4-2-7-16(18)17-8-3-5-10-19(17)21/h2-5,7-10,15,20-22H,6,11-14H2,1H3,(H,26,31)(H,27,28)(H,29,30)/t15-,20+,22-/m0/s1. The average molecular weight is 437 g/mol. The van der Waals surface area contributed by atoms with Gasteiger partial charge in [-0.05, 0) is 42.0 Å². The van der Waals surface area contributed by atoms with E-state index in [1.807, 2.05) is 24.3 Å². The number of ether oxygens (including phenoxy) is 1. The molecule has 3 atom stereocenters. The summed E-state index contributed by atoms with van der Waals surface area (Å²) in [5.74, 6) is -1.71. The molecule has 2 aliphatic rings. The topological polar surface area (TPSA) is 105 Å². The molecule has 2 amide bonds. The van der Waals surface area contributed by atoms with Crippen LogP contribution in [0, 0.1) is 5.92 Å². The number of carbonyl (C=O) groups excluding carboxylic acids is 2. The molecule has 7 heteroatoms. The van der Waals surface area contributed by atoms with Crippen molar-refractivity contribution in [1.82, 2.24) is 10.6 Å². The minimum Gasteiger partial charge on any atom is -0.481 e. The number of hydrogen-bond donors (Lipinski definition) is 3. The van der Waals surface area contributed by atoms with Crippen molar-refractivity contribution in [2.24, 2.45) is 5.92 Å². The van der Waals surface area contributed by atoms with Gasteiger partial charge in [-0.3, -0.25) is 9.59 Å². The number of hydrogen-bond acceptors (Lipinski definition) is 4. The van der Waals surface area contributed by atoms with Crippen molar-refractivity contribution in [3.8, 4) is 11.1 Å². The fourth-order valence-corrected chi connectivity index (χ4v) is 4.86. The van der Waals surface area contributed by atoms with Crippen LogP contribution in [0.15, 0.2) is 48.5 Å². The van der Waals surface area contributed by atoms with Crippen LogP contribution in [0.2, 0.25) is 0 Å². The van der Waals surface area contributed by atoms with Gasteiger partial charge >= 0.3 is 12.1 Å². The van der Waals surface area contributed by atoms with E-state index in [2.05, 4.69) is 34.9 Å². The van der Waals surface area contributed by atoms with E-state index >= 15 is 0 Å². The number of carboxylic acid groups (broad SMARTS) is 1. The molecule has 0 bridgehead atoms. The summed E-state index contributed by atoms with van der Waals surface area (Å²) >= 11 is 0. The summed E-state index contributed by atoms with van der Waals surface area (Å²) in [7, 11) is 0. The van der Waals surface area contributed by atoms with Gasteiger partial charge in [0.15, 0.2) is 0 Å². The quantitative estimate of drug-likeness (QED) is 0.614. The highest BCUT2D eigenvalue weighted by atomic mass is 16.5. The van der Waals surface area contributed by atoms with Crippen molar-refractivity contribution < 1.29 is 24.2 Å².